The van der Waals surface area contributed by atoms with Gasteiger partial charge in [0.05, 0.1) is 17.5 Å². The lowest BCUT2D eigenvalue weighted by molar-refractivity contribution is -0.143. The van der Waals surface area contributed by atoms with Crippen LogP contribution >= 0.6 is 0 Å². The molecule has 1 aliphatic rings. The maximum Gasteiger partial charge on any atom is 0.259 e. The van der Waals surface area contributed by atoms with Crippen molar-refractivity contribution in [2.24, 2.45) is 5.73 Å². The summed E-state index contributed by atoms with van der Waals surface area (Å²) in [5, 5.41) is 18.5. The molecule has 3 aromatic rings. The van der Waals surface area contributed by atoms with E-state index in [-0.39, 0.29) is 23.7 Å². The number of nitrogen functional groups attached to an aromatic ring is 1. The Labute approximate surface area is 171 Å². The fourth-order valence-corrected chi connectivity index (χ4v) is 3.42. The normalized spacial score (nSPS) is 17.9. The second-order valence-electron chi connectivity index (χ2n) is 7.16. The van der Waals surface area contributed by atoms with Crippen LogP contribution in [0.5, 0.6) is 0 Å². The molecule has 0 saturated carbocycles. The number of hydrogen-bond acceptors (Lipinski definition) is 6. The number of aromatic amines is 1. The fraction of sp³-hybridized carbons (Fsp3) is 0.238. The summed E-state index contributed by atoms with van der Waals surface area (Å²) in [6.07, 6.45) is -2.65. The summed E-state index contributed by atoms with van der Waals surface area (Å²) in [6.45, 7) is 2.56. The topological polar surface area (TPSA) is 145 Å². The van der Waals surface area contributed by atoms with Crippen molar-refractivity contribution in [2.45, 2.75) is 19.1 Å². The molecular weight excluding hydrogens is 386 g/mol. The molecular formula is C21H21N5O4. The fourth-order valence-electron chi connectivity index (χ4n) is 3.42. The Morgan fingerprint density at radius 1 is 1.30 bits per heavy atom. The number of aryl methyl sites for hydroxylation is 1. The second-order valence-corrected chi connectivity index (χ2v) is 7.16. The Morgan fingerprint density at radius 3 is 2.73 bits per heavy atom. The summed E-state index contributed by atoms with van der Waals surface area (Å²) in [4.78, 5) is 33.8. The van der Waals surface area contributed by atoms with E-state index in [2.05, 4.69) is 9.97 Å². The number of carbonyl (C=O) groups excluding carboxylic acids is 1. The molecule has 1 amide bonds. The molecule has 5 N–H and O–H groups in total. The number of aliphatic hydroxyl groups is 1. The Hall–Kier alpha value is -3.56. The van der Waals surface area contributed by atoms with Crippen molar-refractivity contribution in [1.29, 1.82) is 5.41 Å². The van der Waals surface area contributed by atoms with Gasteiger partial charge in [0, 0.05) is 17.8 Å². The molecule has 9 nitrogen and oxygen atoms in total. The number of ether oxygens (including phenoxy) is 1. The van der Waals surface area contributed by atoms with Crippen LogP contribution in [-0.2, 0) is 9.53 Å². The average Bonchev–Trinajstić information content (AvgIpc) is 2.74. The smallest absolute Gasteiger partial charge is 0.259 e. The number of nitrogens with zero attached hydrogens (tertiary/aromatic N) is 2. The first kappa shape index (κ1) is 19.7. The maximum absolute atomic E-state index is 13.0. The number of benzene rings is 2. The van der Waals surface area contributed by atoms with Crippen molar-refractivity contribution in [1.82, 2.24) is 9.97 Å². The van der Waals surface area contributed by atoms with E-state index < -0.39 is 23.7 Å². The molecule has 1 saturated heterocycles. The monoisotopic (exact) mass is 407 g/mol. The predicted octanol–water partition coefficient (Wildman–Crippen LogP) is 0.981. The number of H-pyrrole nitrogens is 1. The zero-order chi connectivity index (χ0) is 21.4. The molecule has 2 heterocycles. The van der Waals surface area contributed by atoms with Crippen LogP contribution in [0, 0.1) is 12.3 Å². The van der Waals surface area contributed by atoms with Crippen LogP contribution in [0.25, 0.3) is 10.9 Å². The van der Waals surface area contributed by atoms with Crippen LogP contribution in [-0.4, -0.2) is 46.1 Å². The van der Waals surface area contributed by atoms with E-state index in [9.17, 15) is 14.7 Å². The van der Waals surface area contributed by atoms with Gasteiger partial charge < -0.3 is 25.5 Å². The van der Waals surface area contributed by atoms with E-state index in [4.69, 9.17) is 15.9 Å². The Bertz CT molecular complexity index is 1190. The number of amides is 1. The molecule has 2 unspecified atom stereocenters. The number of fused-ring (bicyclic) bond motifs is 1. The van der Waals surface area contributed by atoms with Crippen molar-refractivity contribution in [3.8, 4) is 0 Å². The largest absolute Gasteiger partial charge is 0.384 e. The third-order valence-electron chi connectivity index (χ3n) is 5.07. The molecule has 1 fully saturated rings. The molecule has 1 aromatic heterocycles. The van der Waals surface area contributed by atoms with Gasteiger partial charge in [0.25, 0.3) is 11.5 Å². The molecule has 0 spiro atoms. The van der Waals surface area contributed by atoms with Gasteiger partial charge in [-0.05, 0) is 37.3 Å². The SMILES string of the molecule is Cc1ccc(N2CCOC(C(O)c3nc4ccc(C(=N)N)cc4c(=O)[nH]3)C2=O)cc1. The third-order valence-corrected chi connectivity index (χ3v) is 5.07. The summed E-state index contributed by atoms with van der Waals surface area (Å²) < 4.78 is 5.54. The number of carbonyl (C=O) groups is 1. The van der Waals surface area contributed by atoms with Crippen molar-refractivity contribution >= 4 is 28.3 Å². The van der Waals surface area contributed by atoms with Gasteiger partial charge in [-0.1, -0.05) is 17.7 Å². The van der Waals surface area contributed by atoms with Crippen LogP contribution in [0.4, 0.5) is 5.69 Å². The summed E-state index contributed by atoms with van der Waals surface area (Å²) in [6, 6.07) is 12.0. The maximum atomic E-state index is 13.0. The number of aliphatic hydroxyl groups excluding tert-OH is 1. The van der Waals surface area contributed by atoms with Gasteiger partial charge in [-0.25, -0.2) is 4.98 Å². The molecule has 30 heavy (non-hydrogen) atoms. The lowest BCUT2D eigenvalue weighted by atomic mass is 10.1. The molecule has 1 aliphatic heterocycles. The molecule has 0 bridgehead atoms. The predicted molar refractivity (Wildman–Crippen MR) is 112 cm³/mol. The first-order valence-electron chi connectivity index (χ1n) is 9.41. The van der Waals surface area contributed by atoms with Gasteiger partial charge in [0.2, 0.25) is 0 Å². The second kappa shape index (κ2) is 7.69. The summed E-state index contributed by atoms with van der Waals surface area (Å²) in [5.41, 5.74) is 7.45. The van der Waals surface area contributed by atoms with E-state index in [1.807, 2.05) is 31.2 Å². The number of nitrogens with one attached hydrogen (secondary N) is 2. The molecule has 0 aliphatic carbocycles. The lowest BCUT2D eigenvalue weighted by Gasteiger charge is -2.34. The first-order valence-corrected chi connectivity index (χ1v) is 9.41. The summed E-state index contributed by atoms with van der Waals surface area (Å²) in [5.74, 6) is -0.641. The molecule has 9 heteroatoms. The van der Waals surface area contributed by atoms with Gasteiger partial charge in [-0.3, -0.25) is 15.0 Å². The van der Waals surface area contributed by atoms with Crippen molar-refractivity contribution in [3.63, 3.8) is 0 Å². The minimum absolute atomic E-state index is 0.0628. The molecule has 2 atom stereocenters. The number of rotatable bonds is 4. The van der Waals surface area contributed by atoms with Crippen LogP contribution in [0.3, 0.4) is 0 Å². The van der Waals surface area contributed by atoms with E-state index in [0.29, 0.717) is 23.3 Å². The summed E-state index contributed by atoms with van der Waals surface area (Å²) >= 11 is 0. The number of hydrogen-bond donors (Lipinski definition) is 4. The standard InChI is InChI=1S/C21H21N5O4/c1-11-2-5-13(6-3-11)26-8-9-30-17(21(26)29)16(27)19-24-15-7-4-12(18(22)23)10-14(15)20(28)25-19/h2-7,10,16-17,27H,8-9H2,1H3,(H3,22,23)(H,24,25,28). The van der Waals surface area contributed by atoms with Gasteiger partial charge in [-0.15, -0.1) is 0 Å². The molecule has 4 rings (SSSR count). The minimum atomic E-state index is -1.45. The van der Waals surface area contributed by atoms with E-state index in [1.165, 1.54) is 6.07 Å². The summed E-state index contributed by atoms with van der Waals surface area (Å²) in [7, 11) is 0. The first-order chi connectivity index (χ1) is 14.3. The number of morpholine rings is 1. The quantitative estimate of drug-likeness (QED) is 0.375. The zero-order valence-corrected chi connectivity index (χ0v) is 16.3. The zero-order valence-electron chi connectivity index (χ0n) is 16.3. The highest BCUT2D eigenvalue weighted by Gasteiger charge is 2.37. The van der Waals surface area contributed by atoms with E-state index >= 15 is 0 Å². The molecule has 154 valence electrons. The highest BCUT2D eigenvalue weighted by molar-refractivity contribution is 5.99. The van der Waals surface area contributed by atoms with Crippen LogP contribution < -0.4 is 16.2 Å². The van der Waals surface area contributed by atoms with Crippen LogP contribution in [0.1, 0.15) is 23.1 Å². The molecule has 2 aromatic carbocycles. The Balaban J connectivity index is 1.65. The van der Waals surface area contributed by atoms with E-state index in [0.717, 1.165) is 5.56 Å². The average molecular weight is 407 g/mol. The number of anilines is 1. The van der Waals surface area contributed by atoms with Crippen LogP contribution in [0.15, 0.2) is 47.3 Å². The van der Waals surface area contributed by atoms with Gasteiger partial charge >= 0.3 is 0 Å². The van der Waals surface area contributed by atoms with Crippen molar-refractivity contribution < 1.29 is 14.6 Å². The van der Waals surface area contributed by atoms with Crippen molar-refractivity contribution in [2.75, 3.05) is 18.1 Å². The van der Waals surface area contributed by atoms with E-state index in [1.54, 1.807) is 17.0 Å². The van der Waals surface area contributed by atoms with Crippen LogP contribution in [0.2, 0.25) is 0 Å². The molecule has 0 radical (unpaired) electrons. The number of aromatic nitrogens is 2. The number of nitrogens with two attached hydrogens (primary N) is 1. The van der Waals surface area contributed by atoms with Crippen molar-refractivity contribution in [3.05, 3.63) is 69.8 Å². The van der Waals surface area contributed by atoms with Gasteiger partial charge in [0.15, 0.2) is 6.10 Å². The number of amidine groups is 1. The minimum Gasteiger partial charge on any atom is -0.384 e. The third kappa shape index (κ3) is 3.56. The van der Waals surface area contributed by atoms with Gasteiger partial charge in [-0.2, -0.15) is 0 Å². The highest BCUT2D eigenvalue weighted by Crippen LogP contribution is 2.25. The lowest BCUT2D eigenvalue weighted by Crippen LogP contribution is -2.50. The Morgan fingerprint density at radius 2 is 2.03 bits per heavy atom. The van der Waals surface area contributed by atoms with Gasteiger partial charge in [0.1, 0.15) is 17.8 Å². The Kier molecular flexibility index (Phi) is 5.06. The highest BCUT2D eigenvalue weighted by atomic mass is 16.5.